The molecule has 1 aliphatic heterocycles. The highest BCUT2D eigenvalue weighted by Gasteiger charge is 2.35. The third-order valence-corrected chi connectivity index (χ3v) is 4.29. The van der Waals surface area contributed by atoms with E-state index in [-0.39, 0.29) is 12.4 Å². The van der Waals surface area contributed by atoms with Gasteiger partial charge in [0.05, 0.1) is 12.1 Å². The van der Waals surface area contributed by atoms with Gasteiger partial charge in [0, 0.05) is 18.4 Å². The molecule has 0 bridgehead atoms. The van der Waals surface area contributed by atoms with Crippen molar-refractivity contribution in [2.45, 2.75) is 45.6 Å². The Hall–Kier alpha value is -3.15. The van der Waals surface area contributed by atoms with Crippen molar-refractivity contribution in [3.8, 4) is 0 Å². The van der Waals surface area contributed by atoms with Crippen LogP contribution in [0.4, 0.5) is 5.69 Å². The van der Waals surface area contributed by atoms with Gasteiger partial charge in [0.1, 0.15) is 5.60 Å². The van der Waals surface area contributed by atoms with E-state index in [9.17, 15) is 14.4 Å². The van der Waals surface area contributed by atoms with E-state index in [4.69, 9.17) is 9.57 Å². The van der Waals surface area contributed by atoms with E-state index in [1.807, 2.05) is 45.0 Å². The van der Waals surface area contributed by atoms with Crippen LogP contribution in [0.1, 0.15) is 61.5 Å². The maximum Gasteiger partial charge on any atom is 0.330 e. The summed E-state index contributed by atoms with van der Waals surface area (Å²) >= 11 is 0. The number of nitrogens with zero attached hydrogens (tertiary/aromatic N) is 1. The monoisotopic (exact) mass is 381 g/mol. The van der Waals surface area contributed by atoms with Crippen molar-refractivity contribution in [2.24, 2.45) is 0 Å². The number of rotatable bonds is 3. The number of carbonyl (C=O) groups excluding carboxylic acids is 3. The minimum Gasteiger partial charge on any atom is -0.460 e. The fourth-order valence-electron chi connectivity index (χ4n) is 3.34. The Labute approximate surface area is 164 Å². The number of amides is 1. The first kappa shape index (κ1) is 19.6. The summed E-state index contributed by atoms with van der Waals surface area (Å²) in [4.78, 5) is 42.6. The Morgan fingerprint density at radius 2 is 1.61 bits per heavy atom. The number of esters is 1. The summed E-state index contributed by atoms with van der Waals surface area (Å²) in [6.07, 6.45) is 0.0620. The van der Waals surface area contributed by atoms with E-state index < -0.39 is 23.4 Å². The molecule has 2 aromatic carbocycles. The van der Waals surface area contributed by atoms with E-state index >= 15 is 0 Å². The molecule has 28 heavy (non-hydrogen) atoms. The molecule has 0 aromatic heterocycles. The van der Waals surface area contributed by atoms with Crippen molar-refractivity contribution in [3.63, 3.8) is 0 Å². The molecule has 2 aromatic rings. The number of benzene rings is 2. The van der Waals surface area contributed by atoms with Gasteiger partial charge in [0.25, 0.3) is 5.91 Å². The number of para-hydroxylation sites is 1. The van der Waals surface area contributed by atoms with Gasteiger partial charge in [-0.3, -0.25) is 9.59 Å². The van der Waals surface area contributed by atoms with Crippen molar-refractivity contribution in [1.29, 1.82) is 0 Å². The largest absolute Gasteiger partial charge is 0.460 e. The quantitative estimate of drug-likeness (QED) is 0.752. The summed E-state index contributed by atoms with van der Waals surface area (Å²) < 4.78 is 5.51. The first-order valence-corrected chi connectivity index (χ1v) is 9.10. The van der Waals surface area contributed by atoms with Crippen LogP contribution in [-0.4, -0.2) is 23.4 Å². The summed E-state index contributed by atoms with van der Waals surface area (Å²) in [7, 11) is 0. The normalized spacial score (nSPS) is 15.9. The molecule has 1 unspecified atom stereocenters. The van der Waals surface area contributed by atoms with Crippen LogP contribution in [0, 0.1) is 0 Å². The number of hydrogen-bond donors (Lipinski definition) is 0. The van der Waals surface area contributed by atoms with Gasteiger partial charge in [-0.05, 0) is 44.0 Å². The van der Waals surface area contributed by atoms with Crippen molar-refractivity contribution in [3.05, 3.63) is 65.2 Å². The van der Waals surface area contributed by atoms with Crippen LogP contribution in [-0.2, 0) is 19.2 Å². The predicted octanol–water partition coefficient (Wildman–Crippen LogP) is 3.99. The van der Waals surface area contributed by atoms with E-state index in [2.05, 4.69) is 0 Å². The second kappa shape index (κ2) is 7.46. The minimum absolute atomic E-state index is 0.0620. The molecule has 0 saturated heterocycles. The summed E-state index contributed by atoms with van der Waals surface area (Å²) in [5.74, 6) is -1.83. The molecule has 1 amide bonds. The second-order valence-electron chi connectivity index (χ2n) is 7.67. The molecule has 6 nitrogen and oxygen atoms in total. The number of hydrogen-bond acceptors (Lipinski definition) is 5. The Balaban J connectivity index is 2.14. The maximum atomic E-state index is 13.1. The molecule has 0 saturated carbocycles. The fourth-order valence-corrected chi connectivity index (χ4v) is 3.34. The molecule has 6 heteroatoms. The van der Waals surface area contributed by atoms with E-state index in [1.54, 1.807) is 24.3 Å². The summed E-state index contributed by atoms with van der Waals surface area (Å²) in [5.41, 5.74) is 1.62. The van der Waals surface area contributed by atoms with Crippen LogP contribution in [0.15, 0.2) is 48.5 Å². The van der Waals surface area contributed by atoms with Gasteiger partial charge in [-0.1, -0.05) is 36.4 Å². The van der Waals surface area contributed by atoms with Gasteiger partial charge in [-0.25, -0.2) is 4.79 Å². The third-order valence-electron chi connectivity index (χ3n) is 4.29. The predicted molar refractivity (Wildman–Crippen MR) is 104 cm³/mol. The number of anilines is 1. The van der Waals surface area contributed by atoms with Crippen LogP contribution in [0.25, 0.3) is 0 Å². The molecule has 0 N–H and O–H groups in total. The Bertz CT molecular complexity index is 929. The van der Waals surface area contributed by atoms with Crippen molar-refractivity contribution in [2.75, 3.05) is 5.06 Å². The molecular formula is C22H23NO5. The van der Waals surface area contributed by atoms with Crippen LogP contribution in [0.3, 0.4) is 0 Å². The summed E-state index contributed by atoms with van der Waals surface area (Å²) in [5, 5.41) is 1.01. The molecule has 1 aliphatic rings. The van der Waals surface area contributed by atoms with Crippen molar-refractivity contribution in [1.82, 2.24) is 0 Å². The average Bonchev–Trinajstić information content (AvgIpc) is 2.70. The van der Waals surface area contributed by atoms with Gasteiger partial charge in [0.2, 0.25) is 0 Å². The third kappa shape index (κ3) is 4.06. The lowest BCUT2D eigenvalue weighted by atomic mass is 9.86. The van der Waals surface area contributed by atoms with Crippen LogP contribution < -0.4 is 5.06 Å². The molecule has 0 radical (unpaired) electrons. The molecule has 0 spiro atoms. The zero-order valence-corrected chi connectivity index (χ0v) is 16.4. The molecule has 3 rings (SSSR count). The number of ether oxygens (including phenoxy) is 1. The molecular weight excluding hydrogens is 358 g/mol. The summed E-state index contributed by atoms with van der Waals surface area (Å²) in [6.45, 7) is 6.68. The fraction of sp³-hybridized carbons (Fsp3) is 0.318. The number of fused-ring (bicyclic) bond motifs is 2. The van der Waals surface area contributed by atoms with Crippen molar-refractivity contribution >= 4 is 23.5 Å². The Morgan fingerprint density at radius 3 is 2.25 bits per heavy atom. The highest BCUT2D eigenvalue weighted by atomic mass is 16.7. The topological polar surface area (TPSA) is 72.9 Å². The molecule has 0 aliphatic carbocycles. The Morgan fingerprint density at radius 1 is 1.00 bits per heavy atom. The maximum absolute atomic E-state index is 13.1. The Kier molecular flexibility index (Phi) is 5.23. The number of hydroxylamine groups is 1. The van der Waals surface area contributed by atoms with Crippen LogP contribution >= 0.6 is 0 Å². The number of carbonyl (C=O) groups is 3. The minimum atomic E-state index is -0.611. The lowest BCUT2D eigenvalue weighted by molar-refractivity contribution is -0.155. The highest BCUT2D eigenvalue weighted by molar-refractivity contribution is 6.08. The second-order valence-corrected chi connectivity index (χ2v) is 7.67. The van der Waals surface area contributed by atoms with E-state index in [0.717, 1.165) is 5.06 Å². The molecule has 0 fully saturated rings. The average molecular weight is 381 g/mol. The standard InChI is InChI=1S/C22H23NO5/c1-14(24)28-23-19-12-8-7-10-16(19)18(13-20(25)27-22(2,3)4)15-9-5-6-11-17(15)21(23)26/h5-12,18H,13H2,1-4H3. The van der Waals surface area contributed by atoms with Gasteiger partial charge in [-0.2, -0.15) is 0 Å². The zero-order chi connectivity index (χ0) is 20.5. The zero-order valence-electron chi connectivity index (χ0n) is 16.4. The van der Waals surface area contributed by atoms with Crippen molar-refractivity contribution < 1.29 is 24.0 Å². The molecule has 146 valence electrons. The molecule has 1 heterocycles. The van der Waals surface area contributed by atoms with Crippen LogP contribution in [0.2, 0.25) is 0 Å². The van der Waals surface area contributed by atoms with Gasteiger partial charge in [-0.15, -0.1) is 5.06 Å². The SMILES string of the molecule is CC(=O)ON1C(=O)c2ccccc2C(CC(=O)OC(C)(C)C)c2ccccc21. The smallest absolute Gasteiger partial charge is 0.330 e. The first-order valence-electron chi connectivity index (χ1n) is 9.10. The van der Waals surface area contributed by atoms with Crippen LogP contribution in [0.5, 0.6) is 0 Å². The van der Waals surface area contributed by atoms with Gasteiger partial charge < -0.3 is 9.57 Å². The lowest BCUT2D eigenvalue weighted by Gasteiger charge is -2.24. The van der Waals surface area contributed by atoms with E-state index in [0.29, 0.717) is 22.4 Å². The van der Waals surface area contributed by atoms with Gasteiger partial charge >= 0.3 is 11.9 Å². The lowest BCUT2D eigenvalue weighted by Crippen LogP contribution is -2.32. The molecule has 1 atom stereocenters. The van der Waals surface area contributed by atoms with Gasteiger partial charge in [0.15, 0.2) is 0 Å². The first-order chi connectivity index (χ1) is 13.2. The van der Waals surface area contributed by atoms with E-state index in [1.165, 1.54) is 6.92 Å². The highest BCUT2D eigenvalue weighted by Crippen LogP contribution is 2.40. The summed E-state index contributed by atoms with van der Waals surface area (Å²) in [6, 6.07) is 14.1.